The van der Waals surface area contributed by atoms with Crippen molar-refractivity contribution in [3.8, 4) is 5.75 Å². The number of para-hydroxylation sites is 1. The van der Waals surface area contributed by atoms with Crippen molar-refractivity contribution in [1.29, 1.82) is 0 Å². The molecule has 1 N–H and O–H groups in total. The van der Waals surface area contributed by atoms with Crippen LogP contribution in [0.5, 0.6) is 5.75 Å². The summed E-state index contributed by atoms with van der Waals surface area (Å²) in [6.07, 6.45) is 0.854. The zero-order valence-electron chi connectivity index (χ0n) is 22.5. The maximum Gasteiger partial charge on any atom is 0.340 e. The highest BCUT2D eigenvalue weighted by molar-refractivity contribution is 7.92. The maximum atomic E-state index is 13.1. The topological polar surface area (TPSA) is 126 Å². The van der Waals surface area contributed by atoms with Gasteiger partial charge < -0.3 is 19.0 Å². The molecule has 0 radical (unpaired) electrons. The molecule has 0 unspecified atom stereocenters. The van der Waals surface area contributed by atoms with Crippen LogP contribution in [0.1, 0.15) is 28.4 Å². The molecular formula is C28H30ClN3O7S. The second-order valence-corrected chi connectivity index (χ2v) is 11.9. The highest BCUT2D eigenvalue weighted by Gasteiger charge is 2.28. The predicted molar refractivity (Wildman–Crippen MR) is 154 cm³/mol. The van der Waals surface area contributed by atoms with Crippen molar-refractivity contribution in [2.75, 3.05) is 43.8 Å². The van der Waals surface area contributed by atoms with E-state index in [1.54, 1.807) is 47.1 Å². The Bertz CT molecular complexity index is 1660. The molecular weight excluding hydrogens is 558 g/mol. The van der Waals surface area contributed by atoms with E-state index in [1.165, 1.54) is 6.07 Å². The Hall–Kier alpha value is -3.83. The molecule has 1 aliphatic heterocycles. The lowest BCUT2D eigenvalue weighted by molar-refractivity contribution is -0.132. The van der Waals surface area contributed by atoms with Crippen LogP contribution < -0.4 is 15.1 Å². The zero-order chi connectivity index (χ0) is 29.2. The molecule has 3 aromatic rings. The molecule has 40 heavy (non-hydrogen) atoms. The summed E-state index contributed by atoms with van der Waals surface area (Å²) < 4.78 is 36.9. The monoisotopic (exact) mass is 587 g/mol. The van der Waals surface area contributed by atoms with Gasteiger partial charge in [0, 0.05) is 37.6 Å². The molecule has 1 saturated heterocycles. The maximum absolute atomic E-state index is 13.1. The quantitative estimate of drug-likeness (QED) is 0.315. The van der Waals surface area contributed by atoms with E-state index < -0.39 is 15.6 Å². The van der Waals surface area contributed by atoms with Gasteiger partial charge in [-0.15, -0.1) is 0 Å². The van der Waals surface area contributed by atoms with Gasteiger partial charge in [-0.2, -0.15) is 0 Å². The van der Waals surface area contributed by atoms with Crippen molar-refractivity contribution in [2.45, 2.75) is 20.3 Å². The van der Waals surface area contributed by atoms with Crippen molar-refractivity contribution >= 4 is 50.1 Å². The van der Waals surface area contributed by atoms with E-state index in [0.717, 1.165) is 11.8 Å². The number of aryl methyl sites for hydroxylation is 1. The number of piperazine rings is 1. The lowest BCUT2D eigenvalue weighted by atomic mass is 10.0. The number of amides is 2. The lowest BCUT2D eigenvalue weighted by Gasteiger charge is -2.35. The summed E-state index contributed by atoms with van der Waals surface area (Å²) in [7, 11) is -3.57. The molecule has 1 aromatic heterocycles. The first-order chi connectivity index (χ1) is 18.8. The minimum absolute atomic E-state index is 0.162. The number of carbonyl (C=O) groups is 2. The summed E-state index contributed by atoms with van der Waals surface area (Å²) in [6.45, 7) is 8.66. The van der Waals surface area contributed by atoms with E-state index in [2.05, 4.69) is 11.3 Å². The number of halogens is 1. The fourth-order valence-corrected chi connectivity index (χ4v) is 5.25. The summed E-state index contributed by atoms with van der Waals surface area (Å²) in [5.74, 6) is -0.243. The molecule has 2 heterocycles. The standard InChI is InChI=1S/C28H30ClN3O7S/c1-17(2)16-38-25-15-24-20(13-22(25)29)18(3)21(28(35)39-24)14-26(33)31-9-11-32(12-10-31)27(34)19-7-5-6-8-23(19)30-40(4,36)37/h5-8,13,15,30H,1,9-12,14,16H2,2-4H3. The Morgan fingerprint density at radius 3 is 2.42 bits per heavy atom. The molecule has 2 amide bonds. The van der Waals surface area contributed by atoms with E-state index >= 15 is 0 Å². The van der Waals surface area contributed by atoms with Gasteiger partial charge in [0.15, 0.2) is 0 Å². The number of hydrogen-bond donors (Lipinski definition) is 1. The summed E-state index contributed by atoms with van der Waals surface area (Å²) in [5, 5.41) is 0.948. The van der Waals surface area contributed by atoms with Crippen LogP contribution in [0, 0.1) is 6.92 Å². The third kappa shape index (κ3) is 6.65. The number of nitrogens with one attached hydrogen (secondary N) is 1. The van der Waals surface area contributed by atoms with Gasteiger partial charge in [0.2, 0.25) is 15.9 Å². The molecule has 0 atom stereocenters. The third-order valence-electron chi connectivity index (χ3n) is 6.51. The Morgan fingerprint density at radius 1 is 1.12 bits per heavy atom. The molecule has 0 bridgehead atoms. The average Bonchev–Trinajstić information content (AvgIpc) is 2.89. The molecule has 4 rings (SSSR count). The van der Waals surface area contributed by atoms with Crippen LogP contribution >= 0.6 is 11.6 Å². The number of sulfonamides is 1. The second kappa shape index (κ2) is 11.7. The fraction of sp³-hybridized carbons (Fsp3) is 0.321. The summed E-state index contributed by atoms with van der Waals surface area (Å²) in [6, 6.07) is 9.57. The molecule has 2 aromatic carbocycles. The number of ether oxygens (including phenoxy) is 1. The predicted octanol–water partition coefficient (Wildman–Crippen LogP) is 3.61. The Morgan fingerprint density at radius 2 is 1.77 bits per heavy atom. The Kier molecular flexibility index (Phi) is 8.55. The molecule has 0 aliphatic carbocycles. The zero-order valence-corrected chi connectivity index (χ0v) is 24.0. The molecule has 0 spiro atoms. The normalized spacial score (nSPS) is 13.8. The minimum Gasteiger partial charge on any atom is -0.488 e. The van der Waals surface area contributed by atoms with E-state index in [-0.39, 0.29) is 67.8 Å². The minimum atomic E-state index is -3.57. The molecule has 12 heteroatoms. The van der Waals surface area contributed by atoms with Crippen LogP contribution in [0.25, 0.3) is 11.0 Å². The van der Waals surface area contributed by atoms with E-state index in [9.17, 15) is 22.8 Å². The van der Waals surface area contributed by atoms with Crippen molar-refractivity contribution in [2.24, 2.45) is 0 Å². The first-order valence-electron chi connectivity index (χ1n) is 12.5. The number of rotatable bonds is 8. The van der Waals surface area contributed by atoms with Gasteiger partial charge in [0.25, 0.3) is 5.91 Å². The number of nitrogens with zero attached hydrogens (tertiary/aromatic N) is 2. The number of benzene rings is 2. The fourth-order valence-electron chi connectivity index (χ4n) is 4.46. The summed E-state index contributed by atoms with van der Waals surface area (Å²) in [5.41, 5.74) is 1.75. The molecule has 0 saturated carbocycles. The van der Waals surface area contributed by atoms with Crippen LogP contribution in [0.3, 0.4) is 0 Å². The molecule has 1 aliphatic rings. The summed E-state index contributed by atoms with van der Waals surface area (Å²) in [4.78, 5) is 42.3. The number of anilines is 1. The highest BCUT2D eigenvalue weighted by Crippen LogP contribution is 2.32. The van der Waals surface area contributed by atoms with Gasteiger partial charge >= 0.3 is 5.63 Å². The van der Waals surface area contributed by atoms with E-state index in [4.69, 9.17) is 20.8 Å². The van der Waals surface area contributed by atoms with Crippen molar-refractivity contribution in [3.05, 3.63) is 80.7 Å². The highest BCUT2D eigenvalue weighted by atomic mass is 35.5. The SMILES string of the molecule is C=C(C)COc1cc2oc(=O)c(CC(=O)N3CCN(C(=O)c4ccccc4NS(C)(=O)=O)CC3)c(C)c2cc1Cl. The molecule has 10 nitrogen and oxygen atoms in total. The number of hydrogen-bond acceptors (Lipinski definition) is 7. The van der Waals surface area contributed by atoms with Crippen LogP contribution in [0.15, 0.2) is 57.8 Å². The van der Waals surface area contributed by atoms with Crippen molar-refractivity contribution < 1.29 is 27.2 Å². The number of fused-ring (bicyclic) bond motifs is 1. The van der Waals surface area contributed by atoms with Gasteiger partial charge in [-0.05, 0) is 43.2 Å². The van der Waals surface area contributed by atoms with E-state index in [0.29, 0.717) is 27.3 Å². The third-order valence-corrected chi connectivity index (χ3v) is 7.40. The summed E-state index contributed by atoms with van der Waals surface area (Å²) >= 11 is 6.39. The van der Waals surface area contributed by atoms with E-state index in [1.807, 2.05) is 6.92 Å². The van der Waals surface area contributed by atoms with Gasteiger partial charge in [-0.1, -0.05) is 30.3 Å². The Balaban J connectivity index is 1.46. The van der Waals surface area contributed by atoms with Crippen LogP contribution in [-0.4, -0.2) is 69.1 Å². The average molecular weight is 588 g/mol. The van der Waals surface area contributed by atoms with Gasteiger partial charge in [0.05, 0.1) is 34.5 Å². The van der Waals surface area contributed by atoms with Gasteiger partial charge in [-0.25, -0.2) is 13.2 Å². The Labute approximate surface area is 237 Å². The smallest absolute Gasteiger partial charge is 0.340 e. The van der Waals surface area contributed by atoms with Crippen molar-refractivity contribution in [1.82, 2.24) is 9.80 Å². The molecule has 1 fully saturated rings. The van der Waals surface area contributed by atoms with Crippen molar-refractivity contribution in [3.63, 3.8) is 0 Å². The largest absolute Gasteiger partial charge is 0.488 e. The number of carbonyl (C=O) groups excluding carboxylic acids is 2. The lowest BCUT2D eigenvalue weighted by Crippen LogP contribution is -2.51. The van der Waals surface area contributed by atoms with Crippen LogP contribution in [-0.2, 0) is 21.2 Å². The second-order valence-electron chi connectivity index (χ2n) is 9.79. The van der Waals surface area contributed by atoms with Crippen LogP contribution in [0.2, 0.25) is 5.02 Å². The van der Waals surface area contributed by atoms with Gasteiger partial charge in [-0.3, -0.25) is 14.3 Å². The van der Waals surface area contributed by atoms with Crippen LogP contribution in [0.4, 0.5) is 5.69 Å². The first-order valence-corrected chi connectivity index (χ1v) is 14.8. The van der Waals surface area contributed by atoms with Gasteiger partial charge in [0.1, 0.15) is 17.9 Å². The molecule has 212 valence electrons. The first kappa shape index (κ1) is 29.2.